The van der Waals surface area contributed by atoms with E-state index in [0.717, 1.165) is 0 Å². The molecule has 1 aromatic carbocycles. The number of nitro benzene ring substituents is 1. The van der Waals surface area contributed by atoms with Crippen LogP contribution < -0.4 is 5.73 Å². The molecule has 0 amide bonds. The van der Waals surface area contributed by atoms with Gasteiger partial charge in [0.05, 0.1) is 10.5 Å². The third-order valence-corrected chi connectivity index (χ3v) is 1.62. The minimum atomic E-state index is -0.594. The van der Waals surface area contributed by atoms with Crippen molar-refractivity contribution in [3.63, 3.8) is 0 Å². The Kier molecular flexibility index (Phi) is 2.15. The Labute approximate surface area is 74.5 Å². The lowest BCUT2D eigenvalue weighted by Crippen LogP contribution is -1.99. The predicted molar refractivity (Wildman–Crippen MR) is 47.0 cm³/mol. The highest BCUT2D eigenvalue weighted by atomic mass is 16.6. The molecule has 66 valence electrons. The maximum absolute atomic E-state index is 10.5. The van der Waals surface area contributed by atoms with Gasteiger partial charge in [-0.2, -0.15) is 5.26 Å². The summed E-state index contributed by atoms with van der Waals surface area (Å²) in [6, 6.07) is 4.66. The van der Waals surface area contributed by atoms with Crippen LogP contribution in [0.25, 0.3) is 0 Å². The summed E-state index contributed by atoms with van der Waals surface area (Å²) in [4.78, 5) is 9.86. The maximum atomic E-state index is 10.5. The molecule has 0 radical (unpaired) electrons. The average Bonchev–Trinajstić information content (AvgIpc) is 2.08. The summed E-state index contributed by atoms with van der Waals surface area (Å²) in [7, 11) is 0. The SMILES string of the molecule is Cc1cc(C#N)c(N)c([N+](=O)[O-])c1. The van der Waals surface area contributed by atoms with E-state index in [1.807, 2.05) is 0 Å². The van der Waals surface area contributed by atoms with E-state index < -0.39 is 4.92 Å². The molecule has 0 unspecified atom stereocenters. The van der Waals surface area contributed by atoms with Gasteiger partial charge in [-0.1, -0.05) is 0 Å². The van der Waals surface area contributed by atoms with Crippen LogP contribution in [0, 0.1) is 28.4 Å². The van der Waals surface area contributed by atoms with Crippen LogP contribution in [0.15, 0.2) is 12.1 Å². The van der Waals surface area contributed by atoms with Crippen molar-refractivity contribution in [2.45, 2.75) is 6.92 Å². The second-order valence-corrected chi connectivity index (χ2v) is 2.61. The molecule has 0 fully saturated rings. The van der Waals surface area contributed by atoms with Gasteiger partial charge in [0.2, 0.25) is 0 Å². The number of nitrogens with zero attached hydrogens (tertiary/aromatic N) is 2. The van der Waals surface area contributed by atoms with Gasteiger partial charge in [-0.25, -0.2) is 0 Å². The molecule has 0 aliphatic heterocycles. The van der Waals surface area contributed by atoms with Crippen LogP contribution in [-0.4, -0.2) is 4.92 Å². The van der Waals surface area contributed by atoms with Crippen molar-refractivity contribution in [2.75, 3.05) is 5.73 Å². The van der Waals surface area contributed by atoms with Crippen LogP contribution in [0.3, 0.4) is 0 Å². The molecule has 0 aliphatic rings. The number of benzene rings is 1. The third-order valence-electron chi connectivity index (χ3n) is 1.62. The molecule has 0 saturated heterocycles. The topological polar surface area (TPSA) is 93.0 Å². The minimum Gasteiger partial charge on any atom is -0.392 e. The molecular formula is C8H7N3O2. The van der Waals surface area contributed by atoms with Gasteiger partial charge >= 0.3 is 0 Å². The quantitative estimate of drug-likeness (QED) is 0.398. The van der Waals surface area contributed by atoms with Gasteiger partial charge in [0.1, 0.15) is 11.8 Å². The third kappa shape index (κ3) is 1.56. The summed E-state index contributed by atoms with van der Waals surface area (Å²) < 4.78 is 0. The number of nitrogen functional groups attached to an aromatic ring is 1. The lowest BCUT2D eigenvalue weighted by molar-refractivity contribution is -0.384. The van der Waals surface area contributed by atoms with E-state index in [1.165, 1.54) is 12.1 Å². The van der Waals surface area contributed by atoms with Crippen LogP contribution in [0.5, 0.6) is 0 Å². The van der Waals surface area contributed by atoms with E-state index in [9.17, 15) is 10.1 Å². The van der Waals surface area contributed by atoms with E-state index in [0.29, 0.717) is 5.56 Å². The Morgan fingerprint density at radius 3 is 2.69 bits per heavy atom. The van der Waals surface area contributed by atoms with Gasteiger partial charge in [-0.15, -0.1) is 0 Å². The number of hydrogen-bond acceptors (Lipinski definition) is 4. The van der Waals surface area contributed by atoms with Gasteiger partial charge in [0, 0.05) is 6.07 Å². The van der Waals surface area contributed by atoms with Crippen LogP contribution in [0.1, 0.15) is 11.1 Å². The molecule has 0 aromatic heterocycles. The number of hydrogen-bond donors (Lipinski definition) is 1. The highest BCUT2D eigenvalue weighted by Crippen LogP contribution is 2.26. The highest BCUT2D eigenvalue weighted by molar-refractivity contribution is 5.68. The summed E-state index contributed by atoms with van der Waals surface area (Å²) in [5, 5.41) is 19.1. The van der Waals surface area contributed by atoms with Crippen LogP contribution in [0.2, 0.25) is 0 Å². The van der Waals surface area contributed by atoms with E-state index in [2.05, 4.69) is 0 Å². The number of nitro groups is 1. The van der Waals surface area contributed by atoms with Crippen molar-refractivity contribution in [1.29, 1.82) is 5.26 Å². The first kappa shape index (κ1) is 9.00. The van der Waals surface area contributed by atoms with Crippen molar-refractivity contribution in [3.05, 3.63) is 33.4 Å². The van der Waals surface area contributed by atoms with Crippen molar-refractivity contribution in [1.82, 2.24) is 0 Å². The predicted octanol–water partition coefficient (Wildman–Crippen LogP) is 1.36. The van der Waals surface area contributed by atoms with Crippen LogP contribution >= 0.6 is 0 Å². The lowest BCUT2D eigenvalue weighted by Gasteiger charge is -2.00. The van der Waals surface area contributed by atoms with E-state index in [4.69, 9.17) is 11.0 Å². The van der Waals surface area contributed by atoms with Gasteiger partial charge in [-0.3, -0.25) is 10.1 Å². The normalized spacial score (nSPS) is 9.23. The smallest absolute Gasteiger partial charge is 0.293 e. The van der Waals surface area contributed by atoms with E-state index >= 15 is 0 Å². The number of nitrogens with two attached hydrogens (primary N) is 1. The standard InChI is InChI=1S/C8H7N3O2/c1-5-2-6(4-9)8(10)7(3-5)11(12)13/h2-3H,10H2,1H3. The van der Waals surface area contributed by atoms with Crippen LogP contribution in [0.4, 0.5) is 11.4 Å². The number of nitriles is 1. The van der Waals surface area contributed by atoms with Crippen molar-refractivity contribution >= 4 is 11.4 Å². The summed E-state index contributed by atoms with van der Waals surface area (Å²) >= 11 is 0. The van der Waals surface area contributed by atoms with Gasteiger partial charge in [-0.05, 0) is 18.6 Å². The first-order chi connectivity index (χ1) is 6.06. The second-order valence-electron chi connectivity index (χ2n) is 2.61. The fourth-order valence-corrected chi connectivity index (χ4v) is 1.02. The molecule has 2 N–H and O–H groups in total. The largest absolute Gasteiger partial charge is 0.392 e. The summed E-state index contributed by atoms with van der Waals surface area (Å²) in [6.07, 6.45) is 0. The Morgan fingerprint density at radius 1 is 1.62 bits per heavy atom. The molecule has 0 heterocycles. The van der Waals surface area contributed by atoms with E-state index in [-0.39, 0.29) is 16.9 Å². The Balaban J connectivity index is 3.47. The van der Waals surface area contributed by atoms with E-state index in [1.54, 1.807) is 13.0 Å². The minimum absolute atomic E-state index is 0.0712. The molecule has 13 heavy (non-hydrogen) atoms. The van der Waals surface area contributed by atoms with Crippen molar-refractivity contribution < 1.29 is 4.92 Å². The molecule has 0 atom stereocenters. The Bertz CT molecular complexity index is 407. The fraction of sp³-hybridized carbons (Fsp3) is 0.125. The molecule has 0 bridgehead atoms. The molecule has 1 rings (SSSR count). The maximum Gasteiger partial charge on any atom is 0.293 e. The molecule has 0 saturated carbocycles. The molecule has 0 aliphatic carbocycles. The molecule has 5 nitrogen and oxygen atoms in total. The number of rotatable bonds is 1. The molecule has 1 aromatic rings. The van der Waals surface area contributed by atoms with Gasteiger partial charge < -0.3 is 5.73 Å². The average molecular weight is 177 g/mol. The van der Waals surface area contributed by atoms with Crippen LogP contribution in [-0.2, 0) is 0 Å². The zero-order valence-corrected chi connectivity index (χ0v) is 6.94. The molecule has 0 spiro atoms. The Hall–Kier alpha value is -2.09. The Morgan fingerprint density at radius 2 is 2.23 bits per heavy atom. The summed E-state index contributed by atoms with van der Waals surface area (Å²) in [5.41, 5.74) is 5.91. The summed E-state index contributed by atoms with van der Waals surface area (Å²) in [6.45, 7) is 1.67. The first-order valence-corrected chi connectivity index (χ1v) is 3.51. The fourth-order valence-electron chi connectivity index (χ4n) is 1.02. The summed E-state index contributed by atoms with van der Waals surface area (Å²) in [5.74, 6) is 0. The van der Waals surface area contributed by atoms with Gasteiger partial charge in [0.15, 0.2) is 0 Å². The molecule has 5 heteroatoms. The second kappa shape index (κ2) is 3.11. The van der Waals surface area contributed by atoms with Crippen molar-refractivity contribution in [3.8, 4) is 6.07 Å². The number of anilines is 1. The molecular weight excluding hydrogens is 170 g/mol. The zero-order valence-electron chi connectivity index (χ0n) is 6.94. The lowest BCUT2D eigenvalue weighted by atomic mass is 10.1. The number of aryl methyl sites for hydroxylation is 1. The zero-order chi connectivity index (χ0) is 10.0. The van der Waals surface area contributed by atoms with Gasteiger partial charge in [0.25, 0.3) is 5.69 Å². The highest BCUT2D eigenvalue weighted by Gasteiger charge is 2.15. The monoisotopic (exact) mass is 177 g/mol. The first-order valence-electron chi connectivity index (χ1n) is 3.51. The van der Waals surface area contributed by atoms with Crippen molar-refractivity contribution in [2.24, 2.45) is 0 Å².